The summed E-state index contributed by atoms with van der Waals surface area (Å²) in [4.78, 5) is 0. The summed E-state index contributed by atoms with van der Waals surface area (Å²) >= 11 is 0. The van der Waals surface area contributed by atoms with Gasteiger partial charge in [-0.15, -0.1) is 0 Å². The van der Waals surface area contributed by atoms with Gasteiger partial charge in [-0.25, -0.2) is 0 Å². The van der Waals surface area contributed by atoms with Crippen molar-refractivity contribution in [3.63, 3.8) is 0 Å². The van der Waals surface area contributed by atoms with Crippen molar-refractivity contribution in [2.24, 2.45) is 23.7 Å². The zero-order valence-corrected chi connectivity index (χ0v) is 9.14. The molecule has 4 unspecified atom stereocenters. The second kappa shape index (κ2) is 4.30. The molecule has 0 saturated heterocycles. The Hall–Kier alpha value is 0. The summed E-state index contributed by atoms with van der Waals surface area (Å²) < 4.78 is 0. The molecule has 0 aromatic heterocycles. The van der Waals surface area contributed by atoms with Gasteiger partial charge in [-0.3, -0.25) is 0 Å². The molecule has 0 nitrogen and oxygen atoms in total. The second-order valence-corrected chi connectivity index (χ2v) is 4.84. The van der Waals surface area contributed by atoms with Crippen LogP contribution in [0.1, 0.15) is 53.4 Å². The molecule has 4 atom stereocenters. The molecule has 12 heavy (non-hydrogen) atoms. The van der Waals surface area contributed by atoms with E-state index in [0.29, 0.717) is 0 Å². The van der Waals surface area contributed by atoms with Crippen LogP contribution in [0.2, 0.25) is 0 Å². The molecule has 0 bridgehead atoms. The third-order valence-electron chi connectivity index (χ3n) is 4.00. The van der Waals surface area contributed by atoms with Crippen LogP contribution < -0.4 is 0 Å². The van der Waals surface area contributed by atoms with E-state index in [9.17, 15) is 0 Å². The normalized spacial score (nSPS) is 38.5. The van der Waals surface area contributed by atoms with E-state index in [1.54, 1.807) is 0 Å². The summed E-state index contributed by atoms with van der Waals surface area (Å²) in [6, 6.07) is 0. The zero-order valence-electron chi connectivity index (χ0n) is 9.14. The van der Waals surface area contributed by atoms with Gasteiger partial charge in [-0.1, -0.05) is 47.0 Å². The van der Waals surface area contributed by atoms with Crippen LogP contribution in [0.15, 0.2) is 0 Å². The fourth-order valence-corrected chi connectivity index (χ4v) is 2.88. The minimum atomic E-state index is 0.968. The topological polar surface area (TPSA) is 0 Å². The molecule has 1 aliphatic rings. The van der Waals surface area contributed by atoms with Crippen molar-refractivity contribution in [3.8, 4) is 0 Å². The Morgan fingerprint density at radius 2 is 1.92 bits per heavy atom. The van der Waals surface area contributed by atoms with Crippen LogP contribution in [0.25, 0.3) is 0 Å². The standard InChI is InChI=1S/C12H24/c1-5-6-10(3)12-8-7-9(2)11(12)4/h9-12H,5-8H2,1-4H3. The van der Waals surface area contributed by atoms with E-state index in [1.165, 1.54) is 25.7 Å². The highest BCUT2D eigenvalue weighted by Gasteiger charge is 2.32. The van der Waals surface area contributed by atoms with E-state index >= 15 is 0 Å². The molecular formula is C12H24. The minimum Gasteiger partial charge on any atom is -0.0654 e. The third-order valence-corrected chi connectivity index (χ3v) is 4.00. The highest BCUT2D eigenvalue weighted by Crippen LogP contribution is 2.41. The van der Waals surface area contributed by atoms with Crippen LogP contribution in [-0.2, 0) is 0 Å². The molecule has 0 N–H and O–H groups in total. The summed E-state index contributed by atoms with van der Waals surface area (Å²) in [5.74, 6) is 3.95. The Kier molecular flexibility index (Phi) is 3.61. The van der Waals surface area contributed by atoms with E-state index in [2.05, 4.69) is 27.7 Å². The lowest BCUT2D eigenvalue weighted by Gasteiger charge is -2.24. The third kappa shape index (κ3) is 2.02. The molecule has 0 heterocycles. The number of rotatable bonds is 3. The molecule has 72 valence electrons. The van der Waals surface area contributed by atoms with Crippen LogP contribution in [-0.4, -0.2) is 0 Å². The van der Waals surface area contributed by atoms with Gasteiger partial charge in [0.15, 0.2) is 0 Å². The lowest BCUT2D eigenvalue weighted by molar-refractivity contribution is 0.254. The largest absolute Gasteiger partial charge is 0.0654 e. The molecule has 0 spiro atoms. The van der Waals surface area contributed by atoms with E-state index in [1.807, 2.05) is 0 Å². The van der Waals surface area contributed by atoms with E-state index < -0.39 is 0 Å². The van der Waals surface area contributed by atoms with Crippen LogP contribution in [0.4, 0.5) is 0 Å². The first-order valence-corrected chi connectivity index (χ1v) is 5.66. The van der Waals surface area contributed by atoms with Crippen molar-refractivity contribution >= 4 is 0 Å². The van der Waals surface area contributed by atoms with Crippen molar-refractivity contribution in [1.82, 2.24) is 0 Å². The summed E-state index contributed by atoms with van der Waals surface area (Å²) in [5.41, 5.74) is 0. The predicted molar refractivity (Wildman–Crippen MR) is 55.1 cm³/mol. The van der Waals surface area contributed by atoms with Gasteiger partial charge in [-0.2, -0.15) is 0 Å². The van der Waals surface area contributed by atoms with Crippen LogP contribution in [0.5, 0.6) is 0 Å². The van der Waals surface area contributed by atoms with Crippen LogP contribution >= 0.6 is 0 Å². The van der Waals surface area contributed by atoms with Gasteiger partial charge in [-0.05, 0) is 30.1 Å². The van der Waals surface area contributed by atoms with E-state index in [4.69, 9.17) is 0 Å². The Morgan fingerprint density at radius 1 is 1.25 bits per heavy atom. The molecule has 0 heteroatoms. The van der Waals surface area contributed by atoms with Gasteiger partial charge in [0.05, 0.1) is 0 Å². The maximum Gasteiger partial charge on any atom is -0.0360 e. The molecule has 1 rings (SSSR count). The van der Waals surface area contributed by atoms with Gasteiger partial charge in [0.25, 0.3) is 0 Å². The number of hydrogen-bond acceptors (Lipinski definition) is 0. The Labute approximate surface area is 77.7 Å². The molecular weight excluding hydrogens is 144 g/mol. The summed E-state index contributed by atoms with van der Waals surface area (Å²) in [5, 5.41) is 0. The Bertz CT molecular complexity index is 128. The minimum absolute atomic E-state index is 0.968. The maximum atomic E-state index is 2.45. The first-order chi connectivity index (χ1) is 5.66. The maximum absolute atomic E-state index is 2.45. The predicted octanol–water partition coefficient (Wildman–Crippen LogP) is 4.10. The van der Waals surface area contributed by atoms with Gasteiger partial charge < -0.3 is 0 Å². The van der Waals surface area contributed by atoms with Crippen molar-refractivity contribution in [2.75, 3.05) is 0 Å². The molecule has 0 aromatic rings. The Morgan fingerprint density at radius 3 is 2.33 bits per heavy atom. The van der Waals surface area contributed by atoms with Crippen molar-refractivity contribution in [1.29, 1.82) is 0 Å². The quantitative estimate of drug-likeness (QED) is 0.595. The van der Waals surface area contributed by atoms with Crippen LogP contribution in [0, 0.1) is 23.7 Å². The summed E-state index contributed by atoms with van der Waals surface area (Å²) in [6.07, 6.45) is 5.75. The van der Waals surface area contributed by atoms with Crippen molar-refractivity contribution in [2.45, 2.75) is 53.4 Å². The summed E-state index contributed by atoms with van der Waals surface area (Å²) in [7, 11) is 0. The lowest BCUT2D eigenvalue weighted by Crippen LogP contribution is -2.16. The average Bonchev–Trinajstić information content (AvgIpc) is 2.34. The first kappa shape index (κ1) is 10.1. The molecule has 0 aliphatic heterocycles. The van der Waals surface area contributed by atoms with Gasteiger partial charge >= 0.3 is 0 Å². The average molecular weight is 168 g/mol. The molecule has 0 radical (unpaired) electrons. The van der Waals surface area contributed by atoms with Crippen molar-refractivity contribution in [3.05, 3.63) is 0 Å². The second-order valence-electron chi connectivity index (χ2n) is 4.84. The molecule has 0 amide bonds. The van der Waals surface area contributed by atoms with Gasteiger partial charge in [0, 0.05) is 0 Å². The number of hydrogen-bond donors (Lipinski definition) is 0. The smallest absolute Gasteiger partial charge is 0.0360 e. The fraction of sp³-hybridized carbons (Fsp3) is 1.00. The first-order valence-electron chi connectivity index (χ1n) is 5.66. The molecule has 0 aromatic carbocycles. The van der Waals surface area contributed by atoms with E-state index in [-0.39, 0.29) is 0 Å². The van der Waals surface area contributed by atoms with E-state index in [0.717, 1.165) is 23.7 Å². The molecule has 1 fully saturated rings. The summed E-state index contributed by atoms with van der Waals surface area (Å²) in [6.45, 7) is 9.63. The SMILES string of the molecule is CCCC(C)C1CCC(C)C1C. The monoisotopic (exact) mass is 168 g/mol. The highest BCUT2D eigenvalue weighted by molar-refractivity contribution is 4.82. The van der Waals surface area contributed by atoms with Gasteiger partial charge in [0.1, 0.15) is 0 Å². The Balaban J connectivity index is 2.41. The zero-order chi connectivity index (χ0) is 9.14. The molecule has 1 aliphatic carbocycles. The van der Waals surface area contributed by atoms with Gasteiger partial charge in [0.2, 0.25) is 0 Å². The molecule has 1 saturated carbocycles. The lowest BCUT2D eigenvalue weighted by atomic mass is 9.81. The van der Waals surface area contributed by atoms with Crippen molar-refractivity contribution < 1.29 is 0 Å². The van der Waals surface area contributed by atoms with Crippen LogP contribution in [0.3, 0.4) is 0 Å². The highest BCUT2D eigenvalue weighted by atomic mass is 14.4. The fourth-order valence-electron chi connectivity index (χ4n) is 2.88.